The van der Waals surface area contributed by atoms with Gasteiger partial charge in [-0.05, 0) is 30.7 Å². The second kappa shape index (κ2) is 6.85. The van der Waals surface area contributed by atoms with Crippen LogP contribution in [0.25, 0.3) is 0 Å². The first-order valence-corrected chi connectivity index (χ1v) is 6.67. The van der Waals surface area contributed by atoms with Crippen LogP contribution in [0.5, 0.6) is 17.2 Å². The maximum atomic E-state index is 11.6. The summed E-state index contributed by atoms with van der Waals surface area (Å²) in [5.74, 6) is 0.805. The lowest BCUT2D eigenvalue weighted by Gasteiger charge is -2.21. The van der Waals surface area contributed by atoms with Crippen LogP contribution in [0.1, 0.15) is 12.5 Å². The van der Waals surface area contributed by atoms with E-state index in [1.165, 1.54) is 12.1 Å². The molecule has 0 atom stereocenters. The first-order valence-electron chi connectivity index (χ1n) is 6.67. The molecule has 2 aromatic carbocycles. The Morgan fingerprint density at radius 1 is 1.14 bits per heavy atom. The van der Waals surface area contributed by atoms with Crippen LogP contribution in [0.2, 0.25) is 0 Å². The highest BCUT2D eigenvalue weighted by Crippen LogP contribution is 2.29. The first kappa shape index (κ1) is 15.0. The summed E-state index contributed by atoms with van der Waals surface area (Å²) in [7, 11) is 1.60. The summed E-state index contributed by atoms with van der Waals surface area (Å²) in [6.07, 6.45) is 0. The zero-order chi connectivity index (χ0) is 15.2. The van der Waals surface area contributed by atoms with Crippen molar-refractivity contribution in [3.63, 3.8) is 0 Å². The van der Waals surface area contributed by atoms with Crippen molar-refractivity contribution in [3.05, 3.63) is 48.0 Å². The van der Waals surface area contributed by atoms with E-state index < -0.39 is 0 Å². The van der Waals surface area contributed by atoms with E-state index in [0.29, 0.717) is 18.8 Å². The van der Waals surface area contributed by atoms with Gasteiger partial charge in [-0.2, -0.15) is 0 Å². The molecule has 2 aromatic rings. The maximum Gasteiger partial charge on any atom is 0.118 e. The van der Waals surface area contributed by atoms with Gasteiger partial charge in [0, 0.05) is 6.07 Å². The average molecular weight is 288 g/mol. The minimum Gasteiger partial charge on any atom is -0.870 e. The van der Waals surface area contributed by atoms with Gasteiger partial charge in [0.05, 0.1) is 25.9 Å². The van der Waals surface area contributed by atoms with Crippen molar-refractivity contribution in [1.29, 1.82) is 0 Å². The van der Waals surface area contributed by atoms with Gasteiger partial charge >= 0.3 is 0 Å². The van der Waals surface area contributed by atoms with Gasteiger partial charge in [0.2, 0.25) is 0 Å². The summed E-state index contributed by atoms with van der Waals surface area (Å²) in [5, 5.41) is 22.8. The lowest BCUT2D eigenvalue weighted by atomic mass is 10.2. The number of benzene rings is 2. The Bertz CT molecular complexity index is 583. The molecule has 0 spiro atoms. The molecular weight excluding hydrogens is 270 g/mol. The number of methoxy groups -OCH3 is 1. The Morgan fingerprint density at radius 3 is 2.48 bits per heavy atom. The van der Waals surface area contributed by atoms with Gasteiger partial charge in [-0.3, -0.25) is 10.3 Å². The molecule has 5 nitrogen and oxygen atoms in total. The Balaban J connectivity index is 2.11. The van der Waals surface area contributed by atoms with Gasteiger partial charge in [0.15, 0.2) is 0 Å². The Kier molecular flexibility index (Phi) is 4.90. The molecule has 112 valence electrons. The largest absolute Gasteiger partial charge is 0.870 e. The predicted octanol–water partition coefficient (Wildman–Crippen LogP) is 2.56. The lowest BCUT2D eigenvalue weighted by molar-refractivity contribution is -0.270. The topological polar surface area (TPSA) is 65.0 Å². The quantitative estimate of drug-likeness (QED) is 0.828. The fourth-order valence-electron chi connectivity index (χ4n) is 1.92. The molecule has 0 aliphatic carbocycles. The Morgan fingerprint density at radius 2 is 1.86 bits per heavy atom. The Labute approximate surface area is 123 Å². The van der Waals surface area contributed by atoms with Gasteiger partial charge in [-0.15, -0.1) is 0 Å². The first-order chi connectivity index (χ1) is 10.1. The van der Waals surface area contributed by atoms with E-state index in [4.69, 9.17) is 9.47 Å². The van der Waals surface area contributed by atoms with Crippen molar-refractivity contribution in [3.8, 4) is 17.2 Å². The third-order valence-corrected chi connectivity index (χ3v) is 3.02. The molecule has 0 saturated heterocycles. The van der Waals surface area contributed by atoms with E-state index in [1.54, 1.807) is 20.1 Å². The number of hydrogen-bond donors (Lipinski definition) is 1. The number of anilines is 1. The fourth-order valence-corrected chi connectivity index (χ4v) is 1.92. The van der Waals surface area contributed by atoms with Crippen LogP contribution >= 0.6 is 0 Å². The highest BCUT2D eigenvalue weighted by Gasteiger charge is 2.06. The second-order valence-electron chi connectivity index (χ2n) is 4.47. The van der Waals surface area contributed by atoms with Crippen LogP contribution < -0.4 is 19.6 Å². The number of ether oxygens (including phenoxy) is 2. The molecule has 0 heterocycles. The Hall–Kier alpha value is -2.40. The number of hydroxylamine groups is 1. The zero-order valence-electron chi connectivity index (χ0n) is 12.1. The molecule has 2 rings (SSSR count). The molecule has 0 aliphatic heterocycles. The summed E-state index contributed by atoms with van der Waals surface area (Å²) in [4.78, 5) is 0. The minimum atomic E-state index is -0.196. The highest BCUT2D eigenvalue weighted by molar-refractivity contribution is 5.54. The summed E-state index contributed by atoms with van der Waals surface area (Å²) >= 11 is 0. The molecule has 0 radical (unpaired) electrons. The van der Waals surface area contributed by atoms with E-state index >= 15 is 0 Å². The number of nitrogens with zero attached hydrogens (tertiary/aromatic N) is 1. The standard InChI is InChI=1S/C16H19NO4/c1-3-21-16-10-13(6-9-15(16)18)17(19)11-12-4-7-14(20-2)8-5-12/h4-10,18-19H,3,11H2,1-2H3/p-1. The maximum absolute atomic E-state index is 11.6. The van der Waals surface area contributed by atoms with Gasteiger partial charge in [0.25, 0.3) is 0 Å². The van der Waals surface area contributed by atoms with Crippen LogP contribution in [-0.4, -0.2) is 18.9 Å². The van der Waals surface area contributed by atoms with Crippen LogP contribution in [0.4, 0.5) is 5.69 Å². The van der Waals surface area contributed by atoms with Crippen LogP contribution in [0, 0.1) is 0 Å². The predicted molar refractivity (Wildman–Crippen MR) is 78.0 cm³/mol. The molecule has 21 heavy (non-hydrogen) atoms. The number of hydrogen-bond acceptors (Lipinski definition) is 5. The normalized spacial score (nSPS) is 10.2. The van der Waals surface area contributed by atoms with E-state index in [1.807, 2.05) is 24.3 Å². The summed E-state index contributed by atoms with van der Waals surface area (Å²) in [6, 6.07) is 11.9. The number of rotatable bonds is 6. The summed E-state index contributed by atoms with van der Waals surface area (Å²) in [5.41, 5.74) is 1.43. The second-order valence-corrected chi connectivity index (χ2v) is 4.47. The van der Waals surface area contributed by atoms with E-state index in [0.717, 1.165) is 16.4 Å². The van der Waals surface area contributed by atoms with Crippen LogP contribution in [0.3, 0.4) is 0 Å². The molecule has 0 saturated carbocycles. The molecule has 0 fully saturated rings. The van der Waals surface area contributed by atoms with Gasteiger partial charge < -0.3 is 14.6 Å². The monoisotopic (exact) mass is 288 g/mol. The average Bonchev–Trinajstić information content (AvgIpc) is 2.50. The molecule has 5 heteroatoms. The smallest absolute Gasteiger partial charge is 0.118 e. The van der Waals surface area contributed by atoms with Gasteiger partial charge in [-0.1, -0.05) is 23.9 Å². The van der Waals surface area contributed by atoms with Crippen molar-refractivity contribution < 1.29 is 19.8 Å². The van der Waals surface area contributed by atoms with Crippen LogP contribution in [0.15, 0.2) is 42.5 Å². The van der Waals surface area contributed by atoms with Crippen molar-refractivity contribution in [1.82, 2.24) is 0 Å². The fraction of sp³-hybridized carbons (Fsp3) is 0.250. The van der Waals surface area contributed by atoms with Crippen molar-refractivity contribution in [2.75, 3.05) is 18.8 Å². The highest BCUT2D eigenvalue weighted by atomic mass is 16.5. The third kappa shape index (κ3) is 3.79. The van der Waals surface area contributed by atoms with Crippen molar-refractivity contribution >= 4 is 5.69 Å². The lowest BCUT2D eigenvalue weighted by Crippen LogP contribution is -2.17. The molecule has 0 unspecified atom stereocenters. The van der Waals surface area contributed by atoms with Crippen LogP contribution in [-0.2, 0) is 6.54 Å². The molecular formula is C16H18NO4-. The van der Waals surface area contributed by atoms with E-state index in [2.05, 4.69) is 0 Å². The van der Waals surface area contributed by atoms with Gasteiger partial charge in [0.1, 0.15) is 11.5 Å². The molecule has 0 aliphatic rings. The molecule has 0 amide bonds. The van der Waals surface area contributed by atoms with Gasteiger partial charge in [-0.25, -0.2) is 0 Å². The molecule has 1 N–H and O–H groups in total. The zero-order valence-corrected chi connectivity index (χ0v) is 12.1. The molecule has 0 aromatic heterocycles. The van der Waals surface area contributed by atoms with Crippen molar-refractivity contribution in [2.45, 2.75) is 13.5 Å². The van der Waals surface area contributed by atoms with E-state index in [-0.39, 0.29) is 11.5 Å². The molecule has 0 bridgehead atoms. The SMILES string of the molecule is CCOc1cc(N(O)Cc2ccc(OC)cc2)ccc1[O-]. The minimum absolute atomic E-state index is 0.196. The van der Waals surface area contributed by atoms with E-state index in [9.17, 15) is 10.3 Å². The van der Waals surface area contributed by atoms with Crippen molar-refractivity contribution in [2.24, 2.45) is 0 Å². The third-order valence-electron chi connectivity index (χ3n) is 3.02. The summed E-state index contributed by atoms with van der Waals surface area (Å²) < 4.78 is 10.3. The summed E-state index contributed by atoms with van der Waals surface area (Å²) in [6.45, 7) is 2.51.